The lowest BCUT2D eigenvalue weighted by molar-refractivity contribution is -0.118. The summed E-state index contributed by atoms with van der Waals surface area (Å²) in [5, 5.41) is 5.64. The second-order valence-electron chi connectivity index (χ2n) is 4.14. The molecule has 0 unspecified atom stereocenters. The summed E-state index contributed by atoms with van der Waals surface area (Å²) in [5.74, 6) is 1.06. The fraction of sp³-hybridized carbons (Fsp3) is 0.231. The number of ether oxygens (including phenoxy) is 2. The number of thiazole rings is 1. The van der Waals surface area contributed by atoms with Crippen LogP contribution in [-0.2, 0) is 11.4 Å². The second kappa shape index (κ2) is 4.89. The lowest BCUT2D eigenvalue weighted by atomic mass is 10.2. The number of benzene rings is 1. The van der Waals surface area contributed by atoms with Crippen LogP contribution in [0.3, 0.4) is 0 Å². The molecule has 1 aromatic heterocycles. The Morgan fingerprint density at radius 1 is 1.53 bits per heavy atom. The van der Waals surface area contributed by atoms with Crippen LogP contribution in [0.2, 0.25) is 0 Å². The summed E-state index contributed by atoms with van der Waals surface area (Å²) >= 11 is 1.55. The first-order valence-electron chi connectivity index (χ1n) is 5.82. The number of hydrogen-bond donors (Lipinski definition) is 1. The smallest absolute Gasteiger partial charge is 0.262 e. The predicted molar refractivity (Wildman–Crippen MR) is 71.7 cm³/mol. The van der Waals surface area contributed by atoms with Crippen molar-refractivity contribution in [3.05, 3.63) is 34.3 Å². The number of carbonyl (C=O) groups is 1. The van der Waals surface area contributed by atoms with E-state index in [2.05, 4.69) is 10.3 Å². The number of aromatic nitrogens is 1. The zero-order valence-electron chi connectivity index (χ0n) is 10.3. The third kappa shape index (κ3) is 2.53. The number of amides is 1. The van der Waals surface area contributed by atoms with E-state index in [0.29, 0.717) is 23.8 Å². The molecule has 3 rings (SSSR count). The van der Waals surface area contributed by atoms with Gasteiger partial charge in [0.1, 0.15) is 28.8 Å². The molecule has 1 aliphatic rings. The molecule has 0 radical (unpaired) electrons. The van der Waals surface area contributed by atoms with Crippen LogP contribution in [0.4, 0.5) is 5.69 Å². The Labute approximate surface area is 114 Å². The zero-order valence-corrected chi connectivity index (χ0v) is 11.1. The van der Waals surface area contributed by atoms with Crippen LogP contribution in [0.15, 0.2) is 23.6 Å². The van der Waals surface area contributed by atoms with E-state index in [0.717, 1.165) is 10.7 Å². The van der Waals surface area contributed by atoms with Gasteiger partial charge >= 0.3 is 0 Å². The van der Waals surface area contributed by atoms with Gasteiger partial charge < -0.3 is 14.8 Å². The number of nitrogens with one attached hydrogen (secondary N) is 1. The maximum Gasteiger partial charge on any atom is 0.262 e. The van der Waals surface area contributed by atoms with E-state index in [9.17, 15) is 4.79 Å². The maximum atomic E-state index is 11.4. The van der Waals surface area contributed by atoms with Crippen LogP contribution in [0, 0.1) is 6.92 Å². The lowest BCUT2D eigenvalue weighted by Crippen LogP contribution is -2.25. The fourth-order valence-corrected chi connectivity index (χ4v) is 2.49. The molecule has 5 nitrogen and oxygen atoms in total. The van der Waals surface area contributed by atoms with E-state index >= 15 is 0 Å². The molecule has 0 saturated carbocycles. The Morgan fingerprint density at radius 3 is 3.21 bits per heavy atom. The third-order valence-corrected chi connectivity index (χ3v) is 3.57. The number of carbonyl (C=O) groups excluding carboxylic acids is 1. The van der Waals surface area contributed by atoms with Crippen LogP contribution in [-0.4, -0.2) is 17.5 Å². The highest BCUT2D eigenvalue weighted by Gasteiger charge is 2.19. The molecule has 98 valence electrons. The Balaban J connectivity index is 1.79. The molecule has 0 aliphatic carbocycles. The summed E-state index contributed by atoms with van der Waals surface area (Å²) in [5.41, 5.74) is 1.57. The number of aryl methyl sites for hydroxylation is 1. The van der Waals surface area contributed by atoms with Gasteiger partial charge in [0.25, 0.3) is 5.91 Å². The van der Waals surface area contributed by atoms with Crippen molar-refractivity contribution >= 4 is 22.9 Å². The Hall–Kier alpha value is -2.08. The fourth-order valence-electron chi connectivity index (χ4n) is 1.80. The zero-order chi connectivity index (χ0) is 13.2. The van der Waals surface area contributed by atoms with Crippen LogP contribution in [0.25, 0.3) is 0 Å². The highest BCUT2D eigenvalue weighted by atomic mass is 32.1. The molecule has 0 spiro atoms. The van der Waals surface area contributed by atoms with Crippen molar-refractivity contribution in [3.63, 3.8) is 0 Å². The van der Waals surface area contributed by atoms with Gasteiger partial charge in [-0.25, -0.2) is 4.98 Å². The maximum absolute atomic E-state index is 11.4. The molecule has 2 aromatic rings. The Bertz CT molecular complexity index is 624. The Kier molecular flexibility index (Phi) is 3.08. The van der Waals surface area contributed by atoms with E-state index < -0.39 is 0 Å². The predicted octanol–water partition coefficient (Wildman–Crippen LogP) is 2.36. The molecule has 19 heavy (non-hydrogen) atoms. The highest BCUT2D eigenvalue weighted by molar-refractivity contribution is 7.09. The van der Waals surface area contributed by atoms with Crippen molar-refractivity contribution in [1.82, 2.24) is 4.98 Å². The molecular formula is C13H12N2O3S. The van der Waals surface area contributed by atoms with Gasteiger partial charge in [-0.2, -0.15) is 0 Å². The normalized spacial score (nSPS) is 13.4. The summed E-state index contributed by atoms with van der Waals surface area (Å²) in [6.07, 6.45) is 0. The first-order valence-corrected chi connectivity index (χ1v) is 6.70. The van der Waals surface area contributed by atoms with Gasteiger partial charge in [0.15, 0.2) is 6.61 Å². The average molecular weight is 276 g/mol. The van der Waals surface area contributed by atoms with Gasteiger partial charge in [-0.3, -0.25) is 4.79 Å². The molecule has 1 aliphatic heterocycles. The van der Waals surface area contributed by atoms with Crippen molar-refractivity contribution < 1.29 is 14.3 Å². The minimum Gasteiger partial charge on any atom is -0.484 e. The topological polar surface area (TPSA) is 60.5 Å². The molecule has 0 bridgehead atoms. The quantitative estimate of drug-likeness (QED) is 0.935. The number of anilines is 1. The minimum atomic E-state index is -0.173. The van der Waals surface area contributed by atoms with E-state index in [4.69, 9.17) is 9.47 Å². The van der Waals surface area contributed by atoms with Crippen molar-refractivity contribution in [2.24, 2.45) is 0 Å². The number of fused-ring (bicyclic) bond motifs is 1. The van der Waals surface area contributed by atoms with Gasteiger partial charge in [0.05, 0.1) is 0 Å². The van der Waals surface area contributed by atoms with Crippen molar-refractivity contribution in [2.75, 3.05) is 11.9 Å². The van der Waals surface area contributed by atoms with E-state index in [1.807, 2.05) is 18.4 Å². The summed E-state index contributed by atoms with van der Waals surface area (Å²) in [4.78, 5) is 15.7. The molecule has 0 saturated heterocycles. The molecule has 2 heterocycles. The summed E-state index contributed by atoms with van der Waals surface area (Å²) < 4.78 is 11.0. The van der Waals surface area contributed by atoms with Crippen molar-refractivity contribution in [2.45, 2.75) is 13.5 Å². The van der Waals surface area contributed by atoms with E-state index in [1.165, 1.54) is 0 Å². The van der Waals surface area contributed by atoms with Crippen LogP contribution in [0.1, 0.15) is 10.7 Å². The van der Waals surface area contributed by atoms with Gasteiger partial charge in [-0.15, -0.1) is 11.3 Å². The number of nitrogens with zero attached hydrogens (tertiary/aromatic N) is 1. The summed E-state index contributed by atoms with van der Waals surface area (Å²) in [7, 11) is 0. The monoisotopic (exact) mass is 276 g/mol. The van der Waals surface area contributed by atoms with Gasteiger partial charge in [-0.05, 0) is 19.1 Å². The van der Waals surface area contributed by atoms with Crippen molar-refractivity contribution in [3.8, 4) is 11.5 Å². The SMILES string of the molecule is Cc1csc(COc2cccc3c2NC(=O)CO3)n1. The lowest BCUT2D eigenvalue weighted by Gasteiger charge is -2.20. The van der Waals surface area contributed by atoms with Gasteiger partial charge in [0, 0.05) is 11.1 Å². The first-order chi connectivity index (χ1) is 9.22. The molecule has 0 fully saturated rings. The van der Waals surface area contributed by atoms with Gasteiger partial charge in [0.2, 0.25) is 0 Å². The largest absolute Gasteiger partial charge is 0.484 e. The van der Waals surface area contributed by atoms with E-state index in [1.54, 1.807) is 23.5 Å². The number of para-hydroxylation sites is 1. The summed E-state index contributed by atoms with van der Waals surface area (Å²) in [6.45, 7) is 2.37. The molecule has 6 heteroatoms. The molecule has 1 amide bonds. The van der Waals surface area contributed by atoms with E-state index in [-0.39, 0.29) is 12.5 Å². The van der Waals surface area contributed by atoms with Gasteiger partial charge in [-0.1, -0.05) is 6.07 Å². The second-order valence-corrected chi connectivity index (χ2v) is 5.08. The minimum absolute atomic E-state index is 0.0438. The standard InChI is InChI=1S/C13H12N2O3S/c1-8-7-19-12(14-8)6-18-10-4-2-3-9-13(10)15-11(16)5-17-9/h2-4,7H,5-6H2,1H3,(H,15,16). The molecule has 1 N–H and O–H groups in total. The first kappa shape index (κ1) is 12.0. The molecular weight excluding hydrogens is 264 g/mol. The van der Waals surface area contributed by atoms with Crippen LogP contribution in [0.5, 0.6) is 11.5 Å². The van der Waals surface area contributed by atoms with Crippen molar-refractivity contribution in [1.29, 1.82) is 0 Å². The molecule has 0 atom stereocenters. The molecule has 1 aromatic carbocycles. The van der Waals surface area contributed by atoms with Crippen LogP contribution < -0.4 is 14.8 Å². The average Bonchev–Trinajstić information content (AvgIpc) is 2.82. The third-order valence-electron chi connectivity index (χ3n) is 2.63. The summed E-state index contributed by atoms with van der Waals surface area (Å²) in [6, 6.07) is 5.43. The highest BCUT2D eigenvalue weighted by Crippen LogP contribution is 2.36. The number of hydrogen-bond acceptors (Lipinski definition) is 5. The number of rotatable bonds is 3. The Morgan fingerprint density at radius 2 is 2.42 bits per heavy atom. The van der Waals surface area contributed by atoms with Crippen LogP contribution >= 0.6 is 11.3 Å².